The van der Waals surface area contributed by atoms with Crippen molar-refractivity contribution in [3.8, 4) is 0 Å². The minimum atomic E-state index is -1.00. The average Bonchev–Trinajstić information content (AvgIpc) is 2.57. The minimum Gasteiger partial charge on any atom is -0.465 e. The number of aromatic nitrogens is 1. The van der Waals surface area contributed by atoms with E-state index in [1.807, 2.05) is 0 Å². The van der Waals surface area contributed by atoms with Crippen molar-refractivity contribution in [2.75, 3.05) is 7.11 Å². The molecule has 1 amide bonds. The second kappa shape index (κ2) is 7.63. The van der Waals surface area contributed by atoms with E-state index in [1.54, 1.807) is 0 Å². The predicted octanol–water partition coefficient (Wildman–Crippen LogP) is 2.37. The fraction of sp³-hybridized carbons (Fsp3) is 0.235. The van der Waals surface area contributed by atoms with Crippen LogP contribution in [0.25, 0.3) is 0 Å². The van der Waals surface area contributed by atoms with Crippen LogP contribution in [0.4, 0.5) is 8.78 Å². The SMILES string of the molecule is COC(=O)c1cncc(Cc2ccc(CNC(C)=O)c(F)c2F)c1. The molecule has 0 aliphatic heterocycles. The lowest BCUT2D eigenvalue weighted by Crippen LogP contribution is -2.20. The van der Waals surface area contributed by atoms with E-state index in [4.69, 9.17) is 0 Å². The summed E-state index contributed by atoms with van der Waals surface area (Å²) >= 11 is 0. The Morgan fingerprint density at radius 1 is 1.17 bits per heavy atom. The molecule has 7 heteroatoms. The number of carbonyl (C=O) groups is 2. The van der Waals surface area contributed by atoms with E-state index in [9.17, 15) is 18.4 Å². The van der Waals surface area contributed by atoms with E-state index >= 15 is 0 Å². The van der Waals surface area contributed by atoms with E-state index in [0.717, 1.165) is 0 Å². The Labute approximate surface area is 137 Å². The molecule has 0 aliphatic carbocycles. The highest BCUT2D eigenvalue weighted by Gasteiger charge is 2.15. The Kier molecular flexibility index (Phi) is 5.57. The van der Waals surface area contributed by atoms with Crippen molar-refractivity contribution in [1.82, 2.24) is 10.3 Å². The van der Waals surface area contributed by atoms with Crippen LogP contribution >= 0.6 is 0 Å². The first-order valence-electron chi connectivity index (χ1n) is 7.14. The summed E-state index contributed by atoms with van der Waals surface area (Å²) in [6.45, 7) is 1.21. The van der Waals surface area contributed by atoms with Crippen LogP contribution < -0.4 is 5.32 Å². The molecule has 0 spiro atoms. The number of benzene rings is 1. The van der Waals surface area contributed by atoms with Crippen molar-refractivity contribution in [3.63, 3.8) is 0 Å². The Balaban J connectivity index is 2.23. The molecule has 2 aromatic rings. The molecule has 1 N–H and O–H groups in total. The Morgan fingerprint density at radius 3 is 2.50 bits per heavy atom. The summed E-state index contributed by atoms with van der Waals surface area (Å²) in [5.41, 5.74) is 0.972. The standard InChI is InChI=1S/C17H16F2N2O3/c1-10(22)21-9-13-4-3-12(15(18)16(13)19)5-11-6-14(8-20-7-11)17(23)24-2/h3-4,6-8H,5,9H2,1-2H3,(H,21,22). The molecule has 0 unspecified atom stereocenters. The number of hydrogen-bond acceptors (Lipinski definition) is 4. The van der Waals surface area contributed by atoms with E-state index in [1.165, 1.54) is 44.6 Å². The zero-order valence-corrected chi connectivity index (χ0v) is 13.2. The maximum atomic E-state index is 14.2. The van der Waals surface area contributed by atoms with Crippen LogP contribution in [0.1, 0.15) is 34.0 Å². The molecule has 1 heterocycles. The number of nitrogens with one attached hydrogen (secondary N) is 1. The normalized spacial score (nSPS) is 10.3. The maximum absolute atomic E-state index is 14.2. The topological polar surface area (TPSA) is 68.3 Å². The molecule has 126 valence electrons. The molecule has 0 radical (unpaired) electrons. The number of hydrogen-bond donors (Lipinski definition) is 1. The highest BCUT2D eigenvalue weighted by molar-refractivity contribution is 5.89. The lowest BCUT2D eigenvalue weighted by atomic mass is 10.0. The Bertz CT molecular complexity index is 778. The fourth-order valence-corrected chi connectivity index (χ4v) is 2.16. The molecule has 0 saturated carbocycles. The van der Waals surface area contributed by atoms with Crippen molar-refractivity contribution < 1.29 is 23.1 Å². The summed E-state index contributed by atoms with van der Waals surface area (Å²) in [6, 6.07) is 4.38. The number of pyridine rings is 1. The van der Waals surface area contributed by atoms with E-state index in [-0.39, 0.29) is 35.6 Å². The molecular weight excluding hydrogens is 318 g/mol. The van der Waals surface area contributed by atoms with Crippen molar-refractivity contribution in [1.29, 1.82) is 0 Å². The van der Waals surface area contributed by atoms with Gasteiger partial charge in [-0.25, -0.2) is 13.6 Å². The zero-order chi connectivity index (χ0) is 17.7. The monoisotopic (exact) mass is 334 g/mol. The largest absolute Gasteiger partial charge is 0.465 e. The Morgan fingerprint density at radius 2 is 1.83 bits per heavy atom. The first kappa shape index (κ1) is 17.5. The number of nitrogens with zero attached hydrogens (tertiary/aromatic N) is 1. The molecule has 2 rings (SSSR count). The van der Waals surface area contributed by atoms with Gasteiger partial charge in [-0.1, -0.05) is 12.1 Å². The minimum absolute atomic E-state index is 0.0629. The van der Waals surface area contributed by atoms with Gasteiger partial charge in [0.15, 0.2) is 11.6 Å². The molecule has 0 aliphatic rings. The second-order valence-electron chi connectivity index (χ2n) is 5.17. The summed E-state index contributed by atoms with van der Waals surface area (Å²) in [5.74, 6) is -2.87. The molecule has 1 aromatic carbocycles. The van der Waals surface area contributed by atoms with E-state index in [2.05, 4.69) is 15.0 Å². The summed E-state index contributed by atoms with van der Waals surface area (Å²) in [6.07, 6.45) is 2.87. The smallest absolute Gasteiger partial charge is 0.339 e. The number of rotatable bonds is 5. The van der Waals surface area contributed by atoms with Gasteiger partial charge < -0.3 is 10.1 Å². The van der Waals surface area contributed by atoms with Gasteiger partial charge >= 0.3 is 5.97 Å². The molecule has 24 heavy (non-hydrogen) atoms. The van der Waals surface area contributed by atoms with E-state index in [0.29, 0.717) is 5.56 Å². The lowest BCUT2D eigenvalue weighted by molar-refractivity contribution is -0.119. The molecule has 0 fully saturated rings. The number of amides is 1. The molecule has 5 nitrogen and oxygen atoms in total. The van der Waals surface area contributed by atoms with Crippen LogP contribution in [-0.2, 0) is 22.5 Å². The van der Waals surface area contributed by atoms with Crippen molar-refractivity contribution in [3.05, 3.63) is 64.5 Å². The van der Waals surface area contributed by atoms with Crippen LogP contribution in [-0.4, -0.2) is 24.0 Å². The number of methoxy groups -OCH3 is 1. The highest BCUT2D eigenvalue weighted by atomic mass is 19.2. The first-order valence-corrected chi connectivity index (χ1v) is 7.14. The highest BCUT2D eigenvalue weighted by Crippen LogP contribution is 2.20. The third-order valence-corrected chi connectivity index (χ3v) is 3.38. The van der Waals surface area contributed by atoms with Gasteiger partial charge in [-0.3, -0.25) is 9.78 Å². The van der Waals surface area contributed by atoms with Crippen molar-refractivity contribution in [2.24, 2.45) is 0 Å². The van der Waals surface area contributed by atoms with Crippen LogP contribution in [0.3, 0.4) is 0 Å². The molecule has 0 bridgehead atoms. The van der Waals surface area contributed by atoms with Gasteiger partial charge in [-0.05, 0) is 17.2 Å². The summed E-state index contributed by atoms with van der Waals surface area (Å²) in [7, 11) is 1.25. The maximum Gasteiger partial charge on any atom is 0.339 e. The Hall–Kier alpha value is -2.83. The lowest BCUT2D eigenvalue weighted by Gasteiger charge is -2.09. The van der Waals surface area contributed by atoms with Gasteiger partial charge in [0, 0.05) is 37.8 Å². The van der Waals surface area contributed by atoms with Crippen molar-refractivity contribution in [2.45, 2.75) is 19.9 Å². The second-order valence-corrected chi connectivity index (χ2v) is 5.17. The molecule has 0 atom stereocenters. The molecular formula is C17H16F2N2O3. The van der Waals surface area contributed by atoms with Gasteiger partial charge in [-0.2, -0.15) is 0 Å². The van der Waals surface area contributed by atoms with Crippen LogP contribution in [0.15, 0.2) is 30.6 Å². The van der Waals surface area contributed by atoms with Crippen molar-refractivity contribution >= 4 is 11.9 Å². The molecule has 1 aromatic heterocycles. The van der Waals surface area contributed by atoms with Gasteiger partial charge in [0.05, 0.1) is 12.7 Å². The average molecular weight is 334 g/mol. The summed E-state index contributed by atoms with van der Waals surface area (Å²) in [4.78, 5) is 26.2. The number of halogens is 2. The van der Waals surface area contributed by atoms with Crippen LogP contribution in [0, 0.1) is 11.6 Å². The number of ether oxygens (including phenoxy) is 1. The van der Waals surface area contributed by atoms with Crippen LogP contribution in [0.2, 0.25) is 0 Å². The third-order valence-electron chi connectivity index (χ3n) is 3.38. The van der Waals surface area contributed by atoms with Gasteiger partial charge in [0.25, 0.3) is 0 Å². The zero-order valence-electron chi connectivity index (χ0n) is 13.2. The van der Waals surface area contributed by atoms with Gasteiger partial charge in [0.2, 0.25) is 5.91 Å². The summed E-state index contributed by atoms with van der Waals surface area (Å²) in [5, 5.41) is 2.42. The van der Waals surface area contributed by atoms with Crippen LogP contribution in [0.5, 0.6) is 0 Å². The number of carbonyl (C=O) groups excluding carboxylic acids is 2. The van der Waals surface area contributed by atoms with E-state index < -0.39 is 17.6 Å². The quantitative estimate of drug-likeness (QED) is 0.853. The predicted molar refractivity (Wildman–Crippen MR) is 82.3 cm³/mol. The fourth-order valence-electron chi connectivity index (χ4n) is 2.16. The van der Waals surface area contributed by atoms with Gasteiger partial charge in [0.1, 0.15) is 0 Å². The summed E-state index contributed by atoms with van der Waals surface area (Å²) < 4.78 is 32.9. The first-order chi connectivity index (χ1) is 11.4. The third kappa shape index (κ3) is 4.13. The number of esters is 1. The van der Waals surface area contributed by atoms with Gasteiger partial charge in [-0.15, -0.1) is 0 Å². The molecule has 0 saturated heterocycles.